The van der Waals surface area contributed by atoms with Gasteiger partial charge >= 0.3 is 5.97 Å². The number of rotatable bonds is 8. The predicted octanol–water partition coefficient (Wildman–Crippen LogP) is 4.06. The molecule has 2 aromatic rings. The second kappa shape index (κ2) is 8.77. The number of ketones is 1. The van der Waals surface area contributed by atoms with Crippen LogP contribution < -0.4 is 0 Å². The van der Waals surface area contributed by atoms with Gasteiger partial charge in [-0.05, 0) is 42.2 Å². The van der Waals surface area contributed by atoms with Gasteiger partial charge in [-0.25, -0.2) is 4.39 Å². The number of aliphatic carboxylic acids is 1. The highest BCUT2D eigenvalue weighted by Gasteiger charge is 2.03. The van der Waals surface area contributed by atoms with Gasteiger partial charge in [-0.15, -0.1) is 0 Å². The molecule has 4 heteroatoms. The van der Waals surface area contributed by atoms with E-state index in [-0.39, 0.29) is 24.4 Å². The molecule has 0 saturated carbocycles. The van der Waals surface area contributed by atoms with Gasteiger partial charge in [0.05, 0.1) is 0 Å². The molecule has 2 rings (SSSR count). The van der Waals surface area contributed by atoms with E-state index in [1.54, 1.807) is 18.2 Å². The quantitative estimate of drug-likeness (QED) is 0.744. The zero-order valence-corrected chi connectivity index (χ0v) is 13.2. The molecule has 0 heterocycles. The molecule has 0 aliphatic carbocycles. The number of halogens is 1. The van der Waals surface area contributed by atoms with Gasteiger partial charge in [-0.2, -0.15) is 0 Å². The van der Waals surface area contributed by atoms with E-state index in [1.165, 1.54) is 18.2 Å². The highest BCUT2D eigenvalue weighted by molar-refractivity contribution is 5.95. The molecule has 0 saturated heterocycles. The summed E-state index contributed by atoms with van der Waals surface area (Å²) in [5, 5.41) is 8.62. The first kappa shape index (κ1) is 17.6. The lowest BCUT2D eigenvalue weighted by atomic mass is 10.0. The lowest BCUT2D eigenvalue weighted by Crippen LogP contribution is -1.99. The van der Waals surface area contributed by atoms with Gasteiger partial charge in [0.1, 0.15) is 5.82 Å². The molecule has 124 valence electrons. The van der Waals surface area contributed by atoms with Crippen molar-refractivity contribution >= 4 is 17.8 Å². The highest BCUT2D eigenvalue weighted by atomic mass is 19.1. The number of carbonyl (C=O) groups excluding carboxylic acids is 1. The van der Waals surface area contributed by atoms with E-state index in [0.717, 1.165) is 11.1 Å². The average molecular weight is 326 g/mol. The molecule has 0 unspecified atom stereocenters. The van der Waals surface area contributed by atoms with Crippen molar-refractivity contribution in [2.45, 2.75) is 25.7 Å². The van der Waals surface area contributed by atoms with E-state index < -0.39 is 5.97 Å². The topological polar surface area (TPSA) is 54.4 Å². The summed E-state index contributed by atoms with van der Waals surface area (Å²) in [6, 6.07) is 13.8. The van der Waals surface area contributed by atoms with E-state index in [1.807, 2.05) is 24.3 Å². The number of aryl methyl sites for hydroxylation is 1. The zero-order valence-electron chi connectivity index (χ0n) is 13.2. The zero-order chi connectivity index (χ0) is 17.4. The average Bonchev–Trinajstić information content (AvgIpc) is 2.55. The summed E-state index contributed by atoms with van der Waals surface area (Å²) in [5.41, 5.74) is 2.31. The molecule has 3 nitrogen and oxygen atoms in total. The number of carboxylic acid groups (broad SMARTS) is 1. The molecular formula is C20H19FO3. The summed E-state index contributed by atoms with van der Waals surface area (Å²) in [5.74, 6) is -1.25. The maximum atomic E-state index is 13.5. The van der Waals surface area contributed by atoms with Gasteiger partial charge in [0, 0.05) is 18.4 Å². The molecule has 0 spiro atoms. The summed E-state index contributed by atoms with van der Waals surface area (Å²) >= 11 is 0. The van der Waals surface area contributed by atoms with Crippen LogP contribution in [0.2, 0.25) is 0 Å². The lowest BCUT2D eigenvalue weighted by molar-refractivity contribution is -0.137. The fourth-order valence-electron chi connectivity index (χ4n) is 2.32. The summed E-state index contributed by atoms with van der Waals surface area (Å²) in [7, 11) is 0. The number of hydrogen-bond acceptors (Lipinski definition) is 2. The van der Waals surface area contributed by atoms with Gasteiger partial charge in [0.2, 0.25) is 0 Å². The first-order valence-corrected chi connectivity index (χ1v) is 7.79. The number of hydrogen-bond donors (Lipinski definition) is 1. The Morgan fingerprint density at radius 2 is 1.67 bits per heavy atom. The second-order valence-electron chi connectivity index (χ2n) is 5.56. The van der Waals surface area contributed by atoms with Gasteiger partial charge in [-0.3, -0.25) is 9.59 Å². The maximum Gasteiger partial charge on any atom is 0.303 e. The molecule has 0 amide bonds. The van der Waals surface area contributed by atoms with Gasteiger partial charge in [0.25, 0.3) is 0 Å². The van der Waals surface area contributed by atoms with Crippen LogP contribution in [-0.2, 0) is 22.4 Å². The van der Waals surface area contributed by atoms with Gasteiger partial charge in [0.15, 0.2) is 5.78 Å². The number of benzene rings is 2. The van der Waals surface area contributed by atoms with Crippen LogP contribution in [0.3, 0.4) is 0 Å². The van der Waals surface area contributed by atoms with Crippen LogP contribution >= 0.6 is 0 Å². The van der Waals surface area contributed by atoms with Crippen LogP contribution in [0.25, 0.3) is 6.08 Å². The molecule has 2 aromatic carbocycles. The van der Waals surface area contributed by atoms with Crippen molar-refractivity contribution in [2.75, 3.05) is 0 Å². The van der Waals surface area contributed by atoms with Crippen molar-refractivity contribution in [3.05, 3.63) is 77.1 Å². The Labute approximate surface area is 140 Å². The fourth-order valence-corrected chi connectivity index (χ4v) is 2.32. The first-order chi connectivity index (χ1) is 11.5. The van der Waals surface area contributed by atoms with Crippen LogP contribution in [-0.4, -0.2) is 16.9 Å². The Morgan fingerprint density at radius 1 is 1.00 bits per heavy atom. The Morgan fingerprint density at radius 3 is 2.33 bits per heavy atom. The molecule has 0 bridgehead atoms. The molecule has 0 atom stereocenters. The molecular weight excluding hydrogens is 307 g/mol. The van der Waals surface area contributed by atoms with Crippen LogP contribution in [0, 0.1) is 5.82 Å². The Kier molecular flexibility index (Phi) is 6.43. The molecule has 0 fully saturated rings. The van der Waals surface area contributed by atoms with Crippen LogP contribution in [0.1, 0.15) is 29.5 Å². The normalized spacial score (nSPS) is 10.9. The van der Waals surface area contributed by atoms with Gasteiger partial charge < -0.3 is 5.11 Å². The molecule has 0 aliphatic heterocycles. The third-order valence-electron chi connectivity index (χ3n) is 3.61. The number of carboxylic acids is 1. The fraction of sp³-hybridized carbons (Fsp3) is 0.200. The minimum atomic E-state index is -0.793. The van der Waals surface area contributed by atoms with E-state index >= 15 is 0 Å². The molecule has 0 aliphatic rings. The Bertz CT molecular complexity index is 733. The van der Waals surface area contributed by atoms with Crippen molar-refractivity contribution in [3.63, 3.8) is 0 Å². The number of allylic oxidation sites excluding steroid dienone is 1. The number of carbonyl (C=O) groups is 2. The molecule has 0 aromatic heterocycles. The lowest BCUT2D eigenvalue weighted by Gasteiger charge is -2.02. The minimum absolute atomic E-state index is 0.100. The minimum Gasteiger partial charge on any atom is -0.481 e. The first-order valence-electron chi connectivity index (χ1n) is 7.79. The van der Waals surface area contributed by atoms with Crippen LogP contribution in [0.15, 0.2) is 54.6 Å². The summed E-state index contributed by atoms with van der Waals surface area (Å²) < 4.78 is 13.5. The van der Waals surface area contributed by atoms with E-state index in [2.05, 4.69) is 0 Å². The second-order valence-corrected chi connectivity index (χ2v) is 5.56. The van der Waals surface area contributed by atoms with E-state index in [9.17, 15) is 14.0 Å². The standard InChI is InChI=1S/C20H19FO3/c21-19-6-2-1-5-17(19)12-13-18(22)14-16-10-8-15(9-11-16)4-3-7-20(23)24/h1-2,5-6,8-13H,3-4,7,14H2,(H,23,24)/b13-12+. The summed E-state index contributed by atoms with van der Waals surface area (Å²) in [6.07, 6.45) is 4.57. The van der Waals surface area contributed by atoms with Crippen molar-refractivity contribution in [1.82, 2.24) is 0 Å². The van der Waals surface area contributed by atoms with Crippen LogP contribution in [0.5, 0.6) is 0 Å². The molecule has 24 heavy (non-hydrogen) atoms. The molecule has 0 radical (unpaired) electrons. The monoisotopic (exact) mass is 326 g/mol. The summed E-state index contributed by atoms with van der Waals surface area (Å²) in [4.78, 5) is 22.4. The molecule has 1 N–H and O–H groups in total. The van der Waals surface area contributed by atoms with E-state index in [4.69, 9.17) is 5.11 Å². The predicted molar refractivity (Wildman–Crippen MR) is 91.2 cm³/mol. The SMILES string of the molecule is O=C(O)CCCc1ccc(CC(=O)/C=C/c2ccccc2F)cc1. The highest BCUT2D eigenvalue weighted by Crippen LogP contribution is 2.11. The maximum absolute atomic E-state index is 13.5. The summed E-state index contributed by atoms with van der Waals surface area (Å²) in [6.45, 7) is 0. The Hall–Kier alpha value is -2.75. The van der Waals surface area contributed by atoms with E-state index in [0.29, 0.717) is 18.4 Å². The Balaban J connectivity index is 1.88. The smallest absolute Gasteiger partial charge is 0.303 e. The van der Waals surface area contributed by atoms with Crippen molar-refractivity contribution in [1.29, 1.82) is 0 Å². The van der Waals surface area contributed by atoms with Crippen molar-refractivity contribution in [2.24, 2.45) is 0 Å². The van der Waals surface area contributed by atoms with Crippen molar-refractivity contribution in [3.8, 4) is 0 Å². The largest absolute Gasteiger partial charge is 0.481 e. The third-order valence-corrected chi connectivity index (χ3v) is 3.61. The van der Waals surface area contributed by atoms with Crippen LogP contribution in [0.4, 0.5) is 4.39 Å². The van der Waals surface area contributed by atoms with Crippen molar-refractivity contribution < 1.29 is 19.1 Å². The third kappa shape index (κ3) is 5.80. The van der Waals surface area contributed by atoms with Gasteiger partial charge in [-0.1, -0.05) is 42.5 Å².